The third kappa shape index (κ3) is 2.30. The van der Waals surface area contributed by atoms with Crippen molar-refractivity contribution in [3.05, 3.63) is 59.2 Å². The van der Waals surface area contributed by atoms with Gasteiger partial charge >= 0.3 is 0 Å². The fraction of sp³-hybridized carbons (Fsp3) is 0.300. The van der Waals surface area contributed by atoms with E-state index in [1.807, 2.05) is 24.3 Å². The van der Waals surface area contributed by atoms with Crippen molar-refractivity contribution in [1.29, 1.82) is 0 Å². The molecular formula is C20H20N2O3. The van der Waals surface area contributed by atoms with E-state index in [2.05, 4.69) is 5.32 Å². The molecule has 2 aromatic rings. The molecule has 0 bridgehead atoms. The van der Waals surface area contributed by atoms with Crippen LogP contribution in [-0.4, -0.2) is 34.9 Å². The summed E-state index contributed by atoms with van der Waals surface area (Å²) in [6.07, 6.45) is 1.22. The van der Waals surface area contributed by atoms with Crippen molar-refractivity contribution in [1.82, 2.24) is 4.90 Å². The lowest BCUT2D eigenvalue weighted by Gasteiger charge is -2.38. The molecule has 0 saturated carbocycles. The Hall–Kier alpha value is -2.82. The first-order chi connectivity index (χ1) is 12.0. The first kappa shape index (κ1) is 15.7. The number of nitrogens with one attached hydrogen (secondary N) is 1. The number of carbonyl (C=O) groups excluding carboxylic acids is 2. The van der Waals surface area contributed by atoms with Crippen molar-refractivity contribution in [3.63, 3.8) is 0 Å². The SMILES string of the molecule is Cc1c(O)cccc1C(=O)N1CCC2(CC1)C(=O)Nc1ccccc12. The molecule has 0 aromatic heterocycles. The minimum Gasteiger partial charge on any atom is -0.508 e. The van der Waals surface area contributed by atoms with E-state index in [1.165, 1.54) is 0 Å². The minimum absolute atomic E-state index is 0.0364. The van der Waals surface area contributed by atoms with Gasteiger partial charge in [-0.2, -0.15) is 0 Å². The zero-order valence-corrected chi connectivity index (χ0v) is 14.1. The maximum Gasteiger partial charge on any atom is 0.254 e. The fourth-order valence-electron chi connectivity index (χ4n) is 3.99. The number of hydrogen-bond acceptors (Lipinski definition) is 3. The Kier molecular flexibility index (Phi) is 3.53. The van der Waals surface area contributed by atoms with Gasteiger partial charge in [-0.25, -0.2) is 0 Å². The third-order valence-electron chi connectivity index (χ3n) is 5.57. The van der Waals surface area contributed by atoms with E-state index in [0.29, 0.717) is 37.1 Å². The van der Waals surface area contributed by atoms with Gasteiger partial charge in [-0.15, -0.1) is 0 Å². The van der Waals surface area contributed by atoms with Gasteiger partial charge in [0.15, 0.2) is 0 Å². The summed E-state index contributed by atoms with van der Waals surface area (Å²) in [7, 11) is 0. The average molecular weight is 336 g/mol. The number of carbonyl (C=O) groups is 2. The number of nitrogens with zero attached hydrogens (tertiary/aromatic N) is 1. The van der Waals surface area contributed by atoms with Crippen LogP contribution < -0.4 is 5.32 Å². The summed E-state index contributed by atoms with van der Waals surface area (Å²) in [4.78, 5) is 27.2. The highest BCUT2D eigenvalue weighted by atomic mass is 16.3. The van der Waals surface area contributed by atoms with Crippen LogP contribution in [0.25, 0.3) is 0 Å². The average Bonchev–Trinajstić information content (AvgIpc) is 2.89. The van der Waals surface area contributed by atoms with E-state index in [1.54, 1.807) is 30.0 Å². The lowest BCUT2D eigenvalue weighted by Crippen LogP contribution is -2.48. The number of piperidine rings is 1. The van der Waals surface area contributed by atoms with Crippen LogP contribution in [-0.2, 0) is 10.2 Å². The third-order valence-corrected chi connectivity index (χ3v) is 5.57. The molecule has 2 heterocycles. The molecule has 1 fully saturated rings. The van der Waals surface area contributed by atoms with Gasteiger partial charge in [0.1, 0.15) is 5.75 Å². The molecule has 0 radical (unpaired) electrons. The van der Waals surface area contributed by atoms with Crippen LogP contribution in [0.1, 0.15) is 34.3 Å². The van der Waals surface area contributed by atoms with Crippen molar-refractivity contribution in [2.45, 2.75) is 25.2 Å². The number of phenolic OH excluding ortho intramolecular Hbond substituents is 1. The highest BCUT2D eigenvalue weighted by molar-refractivity contribution is 6.06. The van der Waals surface area contributed by atoms with Gasteiger partial charge in [-0.05, 0) is 43.5 Å². The van der Waals surface area contributed by atoms with Gasteiger partial charge in [0.2, 0.25) is 5.91 Å². The van der Waals surface area contributed by atoms with E-state index < -0.39 is 5.41 Å². The van der Waals surface area contributed by atoms with Gasteiger partial charge in [-0.1, -0.05) is 24.3 Å². The Morgan fingerprint density at radius 2 is 1.84 bits per heavy atom. The number of rotatable bonds is 1. The first-order valence-corrected chi connectivity index (χ1v) is 8.52. The zero-order valence-electron chi connectivity index (χ0n) is 14.1. The van der Waals surface area contributed by atoms with Crippen LogP contribution >= 0.6 is 0 Å². The number of phenols is 1. The summed E-state index contributed by atoms with van der Waals surface area (Å²) in [6.45, 7) is 2.79. The monoisotopic (exact) mass is 336 g/mol. The largest absolute Gasteiger partial charge is 0.508 e. The van der Waals surface area contributed by atoms with Gasteiger partial charge < -0.3 is 15.3 Å². The van der Waals surface area contributed by atoms with E-state index in [9.17, 15) is 14.7 Å². The molecule has 5 nitrogen and oxygen atoms in total. The molecule has 2 aliphatic rings. The number of likely N-dealkylation sites (tertiary alicyclic amines) is 1. The second-order valence-corrected chi connectivity index (χ2v) is 6.82. The summed E-state index contributed by atoms with van der Waals surface area (Å²) < 4.78 is 0. The van der Waals surface area contributed by atoms with Crippen LogP contribution in [0.15, 0.2) is 42.5 Å². The summed E-state index contributed by atoms with van der Waals surface area (Å²) in [6, 6.07) is 12.8. The number of anilines is 1. The number of fused-ring (bicyclic) bond motifs is 2. The molecule has 2 aliphatic heterocycles. The zero-order chi connectivity index (χ0) is 17.6. The number of hydrogen-bond donors (Lipinski definition) is 2. The minimum atomic E-state index is -0.527. The van der Waals surface area contributed by atoms with Gasteiger partial charge in [-0.3, -0.25) is 9.59 Å². The van der Waals surface area contributed by atoms with Crippen LogP contribution in [0, 0.1) is 6.92 Å². The fourth-order valence-corrected chi connectivity index (χ4v) is 3.99. The van der Waals surface area contributed by atoms with E-state index in [0.717, 1.165) is 11.3 Å². The Labute approximate surface area is 146 Å². The molecule has 2 aromatic carbocycles. The molecule has 4 rings (SSSR count). The number of para-hydroxylation sites is 1. The number of amides is 2. The normalized spacial score (nSPS) is 18.1. The van der Waals surface area contributed by atoms with Crippen LogP contribution in [0.2, 0.25) is 0 Å². The van der Waals surface area contributed by atoms with Crippen molar-refractivity contribution >= 4 is 17.5 Å². The van der Waals surface area contributed by atoms with Crippen LogP contribution in [0.5, 0.6) is 5.75 Å². The molecule has 1 spiro atoms. The van der Waals surface area contributed by atoms with Crippen molar-refractivity contribution < 1.29 is 14.7 Å². The second kappa shape index (κ2) is 5.62. The second-order valence-electron chi connectivity index (χ2n) is 6.82. The molecule has 2 amide bonds. The summed E-state index contributed by atoms with van der Waals surface area (Å²) in [5, 5.41) is 12.8. The van der Waals surface area contributed by atoms with Gasteiger partial charge in [0.05, 0.1) is 5.41 Å². The molecule has 5 heteroatoms. The molecule has 25 heavy (non-hydrogen) atoms. The Bertz CT molecular complexity index is 867. The Morgan fingerprint density at radius 1 is 1.12 bits per heavy atom. The highest BCUT2D eigenvalue weighted by Gasteiger charge is 2.48. The first-order valence-electron chi connectivity index (χ1n) is 8.52. The maximum absolute atomic E-state index is 12.8. The van der Waals surface area contributed by atoms with Crippen molar-refractivity contribution in [2.24, 2.45) is 0 Å². The molecule has 0 aliphatic carbocycles. The highest BCUT2D eigenvalue weighted by Crippen LogP contribution is 2.44. The quantitative estimate of drug-likeness (QED) is 0.841. The Balaban J connectivity index is 1.57. The number of aromatic hydroxyl groups is 1. The van der Waals surface area contributed by atoms with Crippen LogP contribution in [0.4, 0.5) is 5.69 Å². The Morgan fingerprint density at radius 3 is 2.60 bits per heavy atom. The van der Waals surface area contributed by atoms with Gasteiger partial charge in [0, 0.05) is 29.9 Å². The lowest BCUT2D eigenvalue weighted by molar-refractivity contribution is -0.122. The predicted octanol–water partition coefficient (Wildman–Crippen LogP) is 2.83. The standard InChI is InChI=1S/C20H20N2O3/c1-13-14(5-4-8-17(13)23)18(24)22-11-9-20(10-12-22)15-6-2-3-7-16(15)21-19(20)25/h2-8,23H,9-12H2,1H3,(H,21,25). The van der Waals surface area contributed by atoms with Crippen molar-refractivity contribution in [2.75, 3.05) is 18.4 Å². The molecular weight excluding hydrogens is 316 g/mol. The molecule has 128 valence electrons. The number of benzene rings is 2. The summed E-state index contributed by atoms with van der Waals surface area (Å²) >= 11 is 0. The smallest absolute Gasteiger partial charge is 0.254 e. The molecule has 0 atom stereocenters. The van der Waals surface area contributed by atoms with E-state index in [4.69, 9.17) is 0 Å². The van der Waals surface area contributed by atoms with Gasteiger partial charge in [0.25, 0.3) is 5.91 Å². The molecule has 1 saturated heterocycles. The maximum atomic E-state index is 12.8. The van der Waals surface area contributed by atoms with Crippen LogP contribution in [0.3, 0.4) is 0 Å². The topological polar surface area (TPSA) is 69.6 Å². The summed E-state index contributed by atoms with van der Waals surface area (Å²) in [5.41, 5.74) is 2.52. The van der Waals surface area contributed by atoms with E-state index in [-0.39, 0.29) is 17.6 Å². The summed E-state index contributed by atoms with van der Waals surface area (Å²) in [5.74, 6) is 0.0766. The molecule has 2 N–H and O–H groups in total. The lowest BCUT2D eigenvalue weighted by atomic mass is 9.73. The predicted molar refractivity (Wildman–Crippen MR) is 94.7 cm³/mol. The van der Waals surface area contributed by atoms with Crippen molar-refractivity contribution in [3.8, 4) is 5.75 Å². The molecule has 0 unspecified atom stereocenters. The van der Waals surface area contributed by atoms with E-state index >= 15 is 0 Å².